The molecule has 0 saturated carbocycles. The van der Waals surface area contributed by atoms with Crippen LogP contribution in [-0.4, -0.2) is 16.6 Å². The number of esters is 1. The minimum absolute atomic E-state index is 0.389. The maximum Gasteiger partial charge on any atom is 0.359 e. The molecule has 1 atom stereocenters. The van der Waals surface area contributed by atoms with E-state index in [0.717, 1.165) is 0 Å². The number of carbonyl (C=O) groups excluding carboxylic acids is 1. The van der Waals surface area contributed by atoms with E-state index < -0.39 is 16.6 Å². The average Bonchev–Trinajstić information content (AvgIpc) is 2.12. The second-order valence-corrected chi connectivity index (χ2v) is 6.28. The standard InChI is InChI=1S/C12H13BrCl2O3/c1-12(2,3)18-11(16)10(13)17-9-5-7(14)4-8(15)6-9/h4-6,10H,1-3H3. The van der Waals surface area contributed by atoms with Crippen LogP contribution < -0.4 is 4.74 Å². The van der Waals surface area contributed by atoms with E-state index in [2.05, 4.69) is 15.9 Å². The van der Waals surface area contributed by atoms with Crippen molar-refractivity contribution >= 4 is 45.1 Å². The van der Waals surface area contributed by atoms with E-state index in [1.165, 1.54) is 0 Å². The Morgan fingerprint density at radius 1 is 1.22 bits per heavy atom. The molecule has 0 fully saturated rings. The molecule has 0 aromatic heterocycles. The van der Waals surface area contributed by atoms with Crippen LogP contribution in [0, 0.1) is 0 Å². The third-order valence-electron chi connectivity index (χ3n) is 1.67. The molecule has 0 aliphatic heterocycles. The minimum atomic E-state index is -0.911. The van der Waals surface area contributed by atoms with Gasteiger partial charge in [0, 0.05) is 10.0 Å². The van der Waals surface area contributed by atoms with E-state index in [1.54, 1.807) is 39.0 Å². The van der Waals surface area contributed by atoms with Crippen molar-refractivity contribution in [3.63, 3.8) is 0 Å². The zero-order valence-electron chi connectivity index (χ0n) is 10.2. The first-order chi connectivity index (χ1) is 8.17. The van der Waals surface area contributed by atoms with Gasteiger partial charge in [0.1, 0.15) is 11.4 Å². The normalized spacial score (nSPS) is 13.0. The van der Waals surface area contributed by atoms with E-state index in [1.807, 2.05) is 0 Å². The van der Waals surface area contributed by atoms with Gasteiger partial charge in [-0.25, -0.2) is 4.79 Å². The number of ether oxygens (including phenoxy) is 2. The third kappa shape index (κ3) is 5.46. The van der Waals surface area contributed by atoms with Crippen molar-refractivity contribution in [3.05, 3.63) is 28.2 Å². The van der Waals surface area contributed by atoms with Gasteiger partial charge < -0.3 is 9.47 Å². The molecule has 0 saturated heterocycles. The fourth-order valence-electron chi connectivity index (χ4n) is 1.11. The molecule has 0 amide bonds. The smallest absolute Gasteiger partial charge is 0.359 e. The monoisotopic (exact) mass is 354 g/mol. The highest BCUT2D eigenvalue weighted by molar-refractivity contribution is 9.09. The van der Waals surface area contributed by atoms with Crippen LogP contribution in [0.15, 0.2) is 18.2 Å². The maximum absolute atomic E-state index is 11.7. The third-order valence-corrected chi connectivity index (χ3v) is 2.66. The summed E-state index contributed by atoms with van der Waals surface area (Å²) in [6.45, 7) is 5.34. The largest absolute Gasteiger partial charge is 0.467 e. The first kappa shape index (κ1) is 15.6. The molecule has 3 nitrogen and oxygen atoms in total. The van der Waals surface area contributed by atoms with Crippen molar-refractivity contribution in [2.45, 2.75) is 31.4 Å². The van der Waals surface area contributed by atoms with Crippen molar-refractivity contribution in [3.8, 4) is 5.75 Å². The van der Waals surface area contributed by atoms with Crippen LogP contribution in [0.25, 0.3) is 0 Å². The molecule has 0 heterocycles. The van der Waals surface area contributed by atoms with Gasteiger partial charge in [0.25, 0.3) is 0 Å². The van der Waals surface area contributed by atoms with Crippen molar-refractivity contribution in [2.75, 3.05) is 0 Å². The molecule has 1 unspecified atom stereocenters. The van der Waals surface area contributed by atoms with Gasteiger partial charge in [0.15, 0.2) is 0 Å². The van der Waals surface area contributed by atoms with Gasteiger partial charge >= 0.3 is 5.97 Å². The lowest BCUT2D eigenvalue weighted by Gasteiger charge is -2.22. The number of hydrogen-bond acceptors (Lipinski definition) is 3. The van der Waals surface area contributed by atoms with E-state index >= 15 is 0 Å². The molecule has 0 aliphatic rings. The molecular formula is C12H13BrCl2O3. The van der Waals surface area contributed by atoms with Gasteiger partial charge in [0.2, 0.25) is 5.01 Å². The molecule has 1 rings (SSSR count). The van der Waals surface area contributed by atoms with Gasteiger partial charge in [-0.1, -0.05) is 23.2 Å². The van der Waals surface area contributed by atoms with Crippen LogP contribution in [0.5, 0.6) is 5.75 Å². The Hall–Kier alpha value is -0.450. The number of rotatable bonds is 3. The lowest BCUT2D eigenvalue weighted by Crippen LogP contribution is -2.31. The van der Waals surface area contributed by atoms with Crippen molar-refractivity contribution in [2.24, 2.45) is 0 Å². The van der Waals surface area contributed by atoms with Crippen molar-refractivity contribution in [1.29, 1.82) is 0 Å². The predicted molar refractivity (Wildman–Crippen MR) is 75.7 cm³/mol. The molecule has 0 spiro atoms. The number of carbonyl (C=O) groups is 1. The summed E-state index contributed by atoms with van der Waals surface area (Å²) in [5.74, 6) is -0.126. The van der Waals surface area contributed by atoms with Crippen LogP contribution >= 0.6 is 39.1 Å². The average molecular weight is 356 g/mol. The minimum Gasteiger partial charge on any atom is -0.467 e. The first-order valence-corrected chi connectivity index (χ1v) is 6.84. The lowest BCUT2D eigenvalue weighted by atomic mass is 10.2. The lowest BCUT2D eigenvalue weighted by molar-refractivity contribution is -0.158. The molecule has 1 aromatic rings. The predicted octanol–water partition coefficient (Wildman–Crippen LogP) is 4.43. The van der Waals surface area contributed by atoms with E-state index in [9.17, 15) is 4.79 Å². The molecule has 6 heteroatoms. The van der Waals surface area contributed by atoms with Gasteiger partial charge in [-0.3, -0.25) is 0 Å². The molecule has 0 bridgehead atoms. The van der Waals surface area contributed by atoms with Crippen LogP contribution in [0.1, 0.15) is 20.8 Å². The molecular weight excluding hydrogens is 343 g/mol. The molecule has 0 N–H and O–H groups in total. The quantitative estimate of drug-likeness (QED) is 0.594. The molecule has 18 heavy (non-hydrogen) atoms. The van der Waals surface area contributed by atoms with E-state index in [-0.39, 0.29) is 0 Å². The maximum atomic E-state index is 11.7. The highest BCUT2D eigenvalue weighted by Crippen LogP contribution is 2.26. The summed E-state index contributed by atoms with van der Waals surface area (Å²) in [6.07, 6.45) is 0. The Kier molecular flexibility index (Phi) is 5.32. The fourth-order valence-corrected chi connectivity index (χ4v) is 1.93. The second kappa shape index (κ2) is 6.13. The van der Waals surface area contributed by atoms with Gasteiger partial charge in [-0.05, 0) is 54.9 Å². The Morgan fingerprint density at radius 3 is 2.17 bits per heavy atom. The highest BCUT2D eigenvalue weighted by Gasteiger charge is 2.24. The van der Waals surface area contributed by atoms with E-state index in [4.69, 9.17) is 32.7 Å². The SMILES string of the molecule is CC(C)(C)OC(=O)C(Br)Oc1cc(Cl)cc(Cl)c1. The molecule has 1 aromatic carbocycles. The zero-order valence-corrected chi connectivity index (χ0v) is 13.3. The topological polar surface area (TPSA) is 35.5 Å². The van der Waals surface area contributed by atoms with Crippen molar-refractivity contribution in [1.82, 2.24) is 0 Å². The number of benzene rings is 1. The highest BCUT2D eigenvalue weighted by atomic mass is 79.9. The number of hydrogen-bond donors (Lipinski definition) is 0. The van der Waals surface area contributed by atoms with Crippen molar-refractivity contribution < 1.29 is 14.3 Å². The Balaban J connectivity index is 2.69. The van der Waals surface area contributed by atoms with Gasteiger partial charge in [0.05, 0.1) is 0 Å². The first-order valence-electron chi connectivity index (χ1n) is 5.17. The summed E-state index contributed by atoms with van der Waals surface area (Å²) in [7, 11) is 0. The zero-order chi connectivity index (χ0) is 13.9. The summed E-state index contributed by atoms with van der Waals surface area (Å²) >= 11 is 14.7. The fraction of sp³-hybridized carbons (Fsp3) is 0.417. The molecule has 100 valence electrons. The summed E-state index contributed by atoms with van der Waals surface area (Å²) < 4.78 is 10.5. The van der Waals surface area contributed by atoms with Gasteiger partial charge in [-0.15, -0.1) is 0 Å². The summed E-state index contributed by atoms with van der Waals surface area (Å²) in [5, 5.41) is -0.0472. The number of alkyl halides is 1. The Bertz CT molecular complexity index is 423. The second-order valence-electron chi connectivity index (χ2n) is 4.57. The summed E-state index contributed by atoms with van der Waals surface area (Å²) in [4.78, 5) is 11.7. The Labute approximate surface area is 124 Å². The van der Waals surface area contributed by atoms with E-state index in [0.29, 0.717) is 15.8 Å². The van der Waals surface area contributed by atoms with Crippen LogP contribution in [0.3, 0.4) is 0 Å². The van der Waals surface area contributed by atoms with Crippen LogP contribution in [0.4, 0.5) is 0 Å². The van der Waals surface area contributed by atoms with Gasteiger partial charge in [-0.2, -0.15) is 0 Å². The number of halogens is 3. The molecule has 0 radical (unpaired) electrons. The Morgan fingerprint density at radius 2 is 1.72 bits per heavy atom. The molecule has 0 aliphatic carbocycles. The summed E-state index contributed by atoms with van der Waals surface area (Å²) in [5.41, 5.74) is -0.571. The van der Waals surface area contributed by atoms with Crippen LogP contribution in [-0.2, 0) is 9.53 Å². The van der Waals surface area contributed by atoms with Crippen LogP contribution in [0.2, 0.25) is 10.0 Å². The summed E-state index contributed by atoms with van der Waals surface area (Å²) in [6, 6.07) is 4.70.